The number of hydrogen-bond acceptors (Lipinski definition) is 2. The van der Waals surface area contributed by atoms with E-state index in [0.717, 1.165) is 25.7 Å². The van der Waals surface area contributed by atoms with Gasteiger partial charge in [0.25, 0.3) is 0 Å². The Labute approximate surface area is 144 Å². The van der Waals surface area contributed by atoms with Crippen LogP contribution in [0.15, 0.2) is 24.3 Å². The van der Waals surface area contributed by atoms with Crippen molar-refractivity contribution in [2.24, 2.45) is 0 Å². The van der Waals surface area contributed by atoms with Gasteiger partial charge in [0, 0.05) is 24.2 Å². The van der Waals surface area contributed by atoms with Gasteiger partial charge in [-0.1, -0.05) is 50.3 Å². The molecule has 2 fully saturated rings. The van der Waals surface area contributed by atoms with E-state index in [9.17, 15) is 9.18 Å². The van der Waals surface area contributed by atoms with Gasteiger partial charge in [-0.25, -0.2) is 4.39 Å². The van der Waals surface area contributed by atoms with Gasteiger partial charge in [-0.3, -0.25) is 9.69 Å². The lowest BCUT2D eigenvalue weighted by atomic mass is 9.97. The monoisotopic (exact) mass is 332 g/mol. The van der Waals surface area contributed by atoms with Gasteiger partial charge in [0.15, 0.2) is 0 Å². The highest BCUT2D eigenvalue weighted by molar-refractivity contribution is 5.78. The van der Waals surface area contributed by atoms with Crippen LogP contribution in [0.5, 0.6) is 0 Å². The first-order valence-corrected chi connectivity index (χ1v) is 9.49. The molecular formula is C20H29FN2O. The maximum absolute atomic E-state index is 13.9. The van der Waals surface area contributed by atoms with Crippen molar-refractivity contribution in [1.82, 2.24) is 10.2 Å². The second-order valence-corrected chi connectivity index (χ2v) is 7.34. The molecule has 132 valence electrons. The van der Waals surface area contributed by atoms with E-state index in [0.29, 0.717) is 30.7 Å². The van der Waals surface area contributed by atoms with E-state index < -0.39 is 0 Å². The summed E-state index contributed by atoms with van der Waals surface area (Å²) in [4.78, 5) is 14.6. The molecule has 0 saturated heterocycles. The second-order valence-electron chi connectivity index (χ2n) is 7.34. The molecule has 1 aromatic rings. The summed E-state index contributed by atoms with van der Waals surface area (Å²) in [6.45, 7) is 0.908. The van der Waals surface area contributed by atoms with Gasteiger partial charge in [0.1, 0.15) is 5.82 Å². The van der Waals surface area contributed by atoms with Crippen LogP contribution >= 0.6 is 0 Å². The van der Waals surface area contributed by atoms with Crippen molar-refractivity contribution in [3.05, 3.63) is 35.6 Å². The van der Waals surface area contributed by atoms with Crippen molar-refractivity contribution in [1.29, 1.82) is 0 Å². The van der Waals surface area contributed by atoms with Crippen LogP contribution in [0.1, 0.15) is 63.4 Å². The Bertz CT molecular complexity index is 536. The molecule has 0 aliphatic heterocycles. The Balaban J connectivity index is 1.53. The van der Waals surface area contributed by atoms with Crippen molar-refractivity contribution in [3.63, 3.8) is 0 Å². The molecular weight excluding hydrogens is 303 g/mol. The molecule has 2 aliphatic rings. The van der Waals surface area contributed by atoms with Crippen molar-refractivity contribution in [2.75, 3.05) is 6.54 Å². The number of rotatable bonds is 6. The lowest BCUT2D eigenvalue weighted by Crippen LogP contribution is -2.43. The third-order valence-corrected chi connectivity index (χ3v) is 5.21. The number of benzene rings is 1. The van der Waals surface area contributed by atoms with E-state index in [1.54, 1.807) is 6.07 Å². The number of halogens is 1. The molecule has 0 aromatic heterocycles. The summed E-state index contributed by atoms with van der Waals surface area (Å²) < 4.78 is 13.9. The Morgan fingerprint density at radius 3 is 2.38 bits per heavy atom. The highest BCUT2D eigenvalue weighted by Gasteiger charge is 2.31. The third kappa shape index (κ3) is 5.30. The van der Waals surface area contributed by atoms with Crippen LogP contribution in [-0.4, -0.2) is 29.4 Å². The molecule has 1 N–H and O–H groups in total. The van der Waals surface area contributed by atoms with Crippen molar-refractivity contribution in [2.45, 2.75) is 76.4 Å². The molecule has 1 aromatic carbocycles. The number of carbonyl (C=O) groups is 1. The van der Waals surface area contributed by atoms with Gasteiger partial charge in [-0.2, -0.15) is 0 Å². The molecule has 0 spiro atoms. The van der Waals surface area contributed by atoms with Crippen LogP contribution in [0, 0.1) is 5.82 Å². The predicted octanol–water partition coefficient (Wildman–Crippen LogP) is 4.02. The van der Waals surface area contributed by atoms with E-state index in [1.807, 2.05) is 12.1 Å². The third-order valence-electron chi connectivity index (χ3n) is 5.21. The predicted molar refractivity (Wildman–Crippen MR) is 94.1 cm³/mol. The second kappa shape index (κ2) is 8.61. The zero-order valence-corrected chi connectivity index (χ0v) is 14.5. The smallest absolute Gasteiger partial charge is 0.234 e. The largest absolute Gasteiger partial charge is 0.352 e. The summed E-state index contributed by atoms with van der Waals surface area (Å²) in [5.74, 6) is -0.0765. The van der Waals surface area contributed by atoms with Crippen molar-refractivity contribution >= 4 is 5.91 Å². The lowest BCUT2D eigenvalue weighted by Gasteiger charge is -2.25. The summed E-state index contributed by atoms with van der Waals surface area (Å²) >= 11 is 0. The molecule has 1 amide bonds. The fourth-order valence-electron chi connectivity index (χ4n) is 3.66. The number of nitrogens with zero attached hydrogens (tertiary/aromatic N) is 1. The fraction of sp³-hybridized carbons (Fsp3) is 0.650. The lowest BCUT2D eigenvalue weighted by molar-refractivity contribution is -0.123. The Kier molecular flexibility index (Phi) is 6.24. The highest BCUT2D eigenvalue weighted by Crippen LogP contribution is 2.28. The van der Waals surface area contributed by atoms with Gasteiger partial charge in [0.05, 0.1) is 6.54 Å². The van der Waals surface area contributed by atoms with E-state index in [-0.39, 0.29) is 11.7 Å². The first-order chi connectivity index (χ1) is 11.7. The summed E-state index contributed by atoms with van der Waals surface area (Å²) in [5, 5.41) is 3.23. The summed E-state index contributed by atoms with van der Waals surface area (Å²) in [5.41, 5.74) is 0.683. The maximum Gasteiger partial charge on any atom is 0.234 e. The topological polar surface area (TPSA) is 32.3 Å². The number of carbonyl (C=O) groups excluding carboxylic acids is 1. The standard InChI is InChI=1S/C20H29FN2O/c21-19-11-7-6-8-16(19)14-23(18-12-13-18)15-20(24)22-17-9-4-2-1-3-5-10-17/h6-8,11,17-18H,1-5,9-10,12-15H2,(H,22,24). The highest BCUT2D eigenvalue weighted by atomic mass is 19.1. The molecule has 2 saturated carbocycles. The molecule has 0 bridgehead atoms. The zero-order valence-electron chi connectivity index (χ0n) is 14.5. The molecule has 0 unspecified atom stereocenters. The minimum absolute atomic E-state index is 0.101. The van der Waals surface area contributed by atoms with Crippen LogP contribution in [0.25, 0.3) is 0 Å². The average Bonchev–Trinajstić information content (AvgIpc) is 3.36. The molecule has 0 radical (unpaired) electrons. The van der Waals surface area contributed by atoms with Crippen LogP contribution in [-0.2, 0) is 11.3 Å². The number of hydrogen-bond donors (Lipinski definition) is 1. The first-order valence-electron chi connectivity index (χ1n) is 9.49. The molecule has 3 rings (SSSR count). The minimum Gasteiger partial charge on any atom is -0.352 e. The normalized spacial score (nSPS) is 19.8. The van der Waals surface area contributed by atoms with E-state index in [4.69, 9.17) is 0 Å². The van der Waals surface area contributed by atoms with Crippen LogP contribution in [0.4, 0.5) is 4.39 Å². The van der Waals surface area contributed by atoms with Crippen LogP contribution in [0.3, 0.4) is 0 Å². The van der Waals surface area contributed by atoms with E-state index >= 15 is 0 Å². The first kappa shape index (κ1) is 17.4. The van der Waals surface area contributed by atoms with Crippen LogP contribution in [0.2, 0.25) is 0 Å². The molecule has 2 aliphatic carbocycles. The maximum atomic E-state index is 13.9. The Morgan fingerprint density at radius 2 is 1.71 bits per heavy atom. The van der Waals surface area contributed by atoms with Gasteiger partial charge in [0.2, 0.25) is 5.91 Å². The number of amides is 1. The van der Waals surface area contributed by atoms with E-state index in [1.165, 1.54) is 38.2 Å². The quantitative estimate of drug-likeness (QED) is 0.853. The molecule has 24 heavy (non-hydrogen) atoms. The Hall–Kier alpha value is -1.42. The van der Waals surface area contributed by atoms with Crippen molar-refractivity contribution in [3.8, 4) is 0 Å². The average molecular weight is 332 g/mol. The summed E-state index contributed by atoms with van der Waals surface area (Å²) in [7, 11) is 0. The molecule has 4 heteroatoms. The van der Waals surface area contributed by atoms with Crippen LogP contribution < -0.4 is 5.32 Å². The SMILES string of the molecule is O=C(CN(Cc1ccccc1F)C1CC1)NC1CCCCCCC1. The minimum atomic E-state index is -0.177. The van der Waals surface area contributed by atoms with Crippen molar-refractivity contribution < 1.29 is 9.18 Å². The number of nitrogens with one attached hydrogen (secondary N) is 1. The molecule has 0 heterocycles. The van der Waals surface area contributed by atoms with Gasteiger partial charge in [-0.05, 0) is 31.7 Å². The molecule has 0 atom stereocenters. The summed E-state index contributed by atoms with van der Waals surface area (Å²) in [6, 6.07) is 7.64. The van der Waals surface area contributed by atoms with Gasteiger partial charge >= 0.3 is 0 Å². The molecule has 3 nitrogen and oxygen atoms in total. The fourth-order valence-corrected chi connectivity index (χ4v) is 3.66. The Morgan fingerprint density at radius 1 is 1.04 bits per heavy atom. The van der Waals surface area contributed by atoms with Gasteiger partial charge < -0.3 is 5.32 Å². The van der Waals surface area contributed by atoms with E-state index in [2.05, 4.69) is 10.2 Å². The summed E-state index contributed by atoms with van der Waals surface area (Å²) in [6.07, 6.45) is 10.8. The zero-order chi connectivity index (χ0) is 16.8. The van der Waals surface area contributed by atoms with Gasteiger partial charge in [-0.15, -0.1) is 0 Å².